The predicted molar refractivity (Wildman–Crippen MR) is 89.4 cm³/mol. The fourth-order valence-corrected chi connectivity index (χ4v) is 4.78. The van der Waals surface area contributed by atoms with Crippen LogP contribution in [0, 0.1) is 17.6 Å². The molecule has 3 rings (SSSR count). The van der Waals surface area contributed by atoms with Gasteiger partial charge in [0.05, 0.1) is 6.33 Å². The number of sulfonamides is 1. The van der Waals surface area contributed by atoms with Gasteiger partial charge in [-0.1, -0.05) is 6.07 Å². The van der Waals surface area contributed by atoms with E-state index in [1.165, 1.54) is 35.0 Å². The molecule has 1 aliphatic rings. The molecule has 8 heteroatoms. The zero-order chi connectivity index (χ0) is 18.0. The fraction of sp³-hybridized carbons (Fsp3) is 0.471. The Hall–Kier alpha value is -1.80. The van der Waals surface area contributed by atoms with E-state index in [1.54, 1.807) is 11.6 Å². The number of benzene rings is 1. The molecular weight excluding hydrogens is 348 g/mol. The summed E-state index contributed by atoms with van der Waals surface area (Å²) in [5, 5.41) is 0.0378. The first-order chi connectivity index (χ1) is 11.9. The molecule has 25 heavy (non-hydrogen) atoms. The minimum atomic E-state index is -3.62. The van der Waals surface area contributed by atoms with Crippen LogP contribution in [0.3, 0.4) is 0 Å². The fourth-order valence-electron chi connectivity index (χ4n) is 3.25. The second kappa shape index (κ2) is 7.21. The normalized spacial score (nSPS) is 19.2. The molecular formula is C17H21F2N3O2S. The van der Waals surface area contributed by atoms with Gasteiger partial charge < -0.3 is 4.57 Å². The summed E-state index contributed by atoms with van der Waals surface area (Å²) in [6, 6.07) is 3.84. The average molecular weight is 369 g/mol. The van der Waals surface area contributed by atoms with Gasteiger partial charge in [0, 0.05) is 31.9 Å². The van der Waals surface area contributed by atoms with Crippen LogP contribution >= 0.6 is 0 Å². The highest BCUT2D eigenvalue weighted by atomic mass is 32.2. The topological polar surface area (TPSA) is 55.2 Å². The van der Waals surface area contributed by atoms with Gasteiger partial charge in [-0.3, -0.25) is 0 Å². The zero-order valence-electron chi connectivity index (χ0n) is 14.0. The lowest BCUT2D eigenvalue weighted by molar-refractivity contribution is 0.254. The lowest BCUT2D eigenvalue weighted by Gasteiger charge is -2.31. The van der Waals surface area contributed by atoms with Crippen LogP contribution in [0.2, 0.25) is 0 Å². The van der Waals surface area contributed by atoms with Gasteiger partial charge in [-0.25, -0.2) is 22.2 Å². The number of aryl methyl sites for hydroxylation is 1. The Morgan fingerprint density at radius 1 is 1.28 bits per heavy atom. The van der Waals surface area contributed by atoms with Gasteiger partial charge >= 0.3 is 0 Å². The van der Waals surface area contributed by atoms with Crippen molar-refractivity contribution in [1.82, 2.24) is 13.9 Å². The summed E-state index contributed by atoms with van der Waals surface area (Å²) >= 11 is 0. The van der Waals surface area contributed by atoms with Crippen LogP contribution < -0.4 is 0 Å². The molecule has 136 valence electrons. The van der Waals surface area contributed by atoms with Gasteiger partial charge in [0.2, 0.25) is 0 Å². The van der Waals surface area contributed by atoms with Gasteiger partial charge in [-0.05, 0) is 43.7 Å². The number of halogens is 2. The van der Waals surface area contributed by atoms with Gasteiger partial charge in [-0.15, -0.1) is 0 Å². The van der Waals surface area contributed by atoms with Gasteiger partial charge in [-0.2, -0.15) is 4.31 Å². The number of nitrogens with zero attached hydrogens (tertiary/aromatic N) is 3. The maximum absolute atomic E-state index is 13.7. The lowest BCUT2D eigenvalue weighted by Crippen LogP contribution is -2.40. The predicted octanol–water partition coefficient (Wildman–Crippen LogP) is 2.73. The summed E-state index contributed by atoms with van der Waals surface area (Å²) in [6.45, 7) is 0.804. The summed E-state index contributed by atoms with van der Waals surface area (Å²) in [5.41, 5.74) is 0.0761. The molecule has 0 unspecified atom stereocenters. The van der Waals surface area contributed by atoms with E-state index < -0.39 is 21.7 Å². The molecule has 1 aliphatic heterocycles. The highest BCUT2D eigenvalue weighted by molar-refractivity contribution is 7.89. The average Bonchev–Trinajstić information content (AvgIpc) is 3.02. The molecule has 0 N–H and O–H groups in total. The summed E-state index contributed by atoms with van der Waals surface area (Å²) in [7, 11) is -1.90. The number of aromatic nitrogens is 2. The Labute approximate surface area is 146 Å². The number of rotatable bonds is 5. The van der Waals surface area contributed by atoms with Crippen LogP contribution in [-0.4, -0.2) is 35.4 Å². The van der Waals surface area contributed by atoms with Crippen molar-refractivity contribution in [2.45, 2.75) is 30.7 Å². The third-order valence-electron chi connectivity index (χ3n) is 4.63. The smallest absolute Gasteiger partial charge is 0.262 e. The van der Waals surface area contributed by atoms with Crippen molar-refractivity contribution >= 4 is 10.0 Å². The first-order valence-corrected chi connectivity index (χ1v) is 9.73. The second-order valence-electron chi connectivity index (χ2n) is 6.49. The van der Waals surface area contributed by atoms with E-state index >= 15 is 0 Å². The third kappa shape index (κ3) is 3.90. The number of hydrogen-bond acceptors (Lipinski definition) is 3. The summed E-state index contributed by atoms with van der Waals surface area (Å²) < 4.78 is 55.8. The minimum absolute atomic E-state index is 0.0378. The molecule has 0 amide bonds. The van der Waals surface area contributed by atoms with E-state index in [9.17, 15) is 17.2 Å². The molecule has 5 nitrogen and oxygen atoms in total. The molecule has 0 aliphatic carbocycles. The van der Waals surface area contributed by atoms with Crippen molar-refractivity contribution in [2.24, 2.45) is 13.0 Å². The number of imidazole rings is 1. The van der Waals surface area contributed by atoms with Crippen LogP contribution in [0.4, 0.5) is 8.78 Å². The van der Waals surface area contributed by atoms with E-state index in [-0.39, 0.29) is 22.9 Å². The number of hydrogen-bond donors (Lipinski definition) is 0. The summed E-state index contributed by atoms with van der Waals surface area (Å²) in [4.78, 5) is 3.94. The van der Waals surface area contributed by atoms with Crippen LogP contribution in [0.15, 0.2) is 35.7 Å². The third-order valence-corrected chi connectivity index (χ3v) is 6.38. The van der Waals surface area contributed by atoms with Crippen LogP contribution in [0.25, 0.3) is 0 Å². The zero-order valence-corrected chi connectivity index (χ0v) is 14.8. The Bertz CT molecular complexity index is 831. The Morgan fingerprint density at radius 2 is 2.00 bits per heavy atom. The Balaban J connectivity index is 1.67. The maximum Gasteiger partial charge on any atom is 0.262 e. The first kappa shape index (κ1) is 18.0. The van der Waals surface area contributed by atoms with E-state index in [2.05, 4.69) is 4.98 Å². The highest BCUT2D eigenvalue weighted by Gasteiger charge is 2.31. The van der Waals surface area contributed by atoms with Gasteiger partial charge in [0.25, 0.3) is 10.0 Å². The molecule has 1 aromatic carbocycles. The molecule has 0 spiro atoms. The lowest BCUT2D eigenvalue weighted by atomic mass is 9.92. The minimum Gasteiger partial charge on any atom is -0.339 e. The SMILES string of the molecule is Cn1cnc(S(=O)(=O)N2CCC[C@@H](CCc3c(F)cccc3F)C2)c1. The van der Waals surface area contributed by atoms with E-state index in [0.29, 0.717) is 19.5 Å². The largest absolute Gasteiger partial charge is 0.339 e. The van der Waals surface area contributed by atoms with Crippen LogP contribution in [-0.2, 0) is 23.5 Å². The molecule has 1 aromatic heterocycles. The summed E-state index contributed by atoms with van der Waals surface area (Å²) in [5.74, 6) is -1.02. The van der Waals surface area contributed by atoms with Gasteiger partial charge in [0.15, 0.2) is 5.03 Å². The second-order valence-corrected chi connectivity index (χ2v) is 8.37. The molecule has 2 aromatic rings. The molecule has 1 atom stereocenters. The van der Waals surface area contributed by atoms with Crippen LogP contribution in [0.1, 0.15) is 24.8 Å². The van der Waals surface area contributed by atoms with Crippen molar-refractivity contribution in [3.05, 3.63) is 47.9 Å². The van der Waals surface area contributed by atoms with E-state index in [0.717, 1.165) is 12.8 Å². The Morgan fingerprint density at radius 3 is 2.64 bits per heavy atom. The van der Waals surface area contributed by atoms with E-state index in [4.69, 9.17) is 0 Å². The Kier molecular flexibility index (Phi) is 5.19. The monoisotopic (exact) mass is 369 g/mol. The quantitative estimate of drug-likeness (QED) is 0.814. The first-order valence-electron chi connectivity index (χ1n) is 8.29. The molecule has 0 radical (unpaired) electrons. The maximum atomic E-state index is 13.7. The molecule has 0 bridgehead atoms. The van der Waals surface area contributed by atoms with Crippen molar-refractivity contribution in [3.63, 3.8) is 0 Å². The van der Waals surface area contributed by atoms with Crippen molar-refractivity contribution in [1.29, 1.82) is 0 Å². The van der Waals surface area contributed by atoms with Crippen molar-refractivity contribution in [2.75, 3.05) is 13.1 Å². The number of piperidine rings is 1. The van der Waals surface area contributed by atoms with E-state index in [1.807, 2.05) is 0 Å². The molecule has 1 fully saturated rings. The molecule has 1 saturated heterocycles. The van der Waals surface area contributed by atoms with Crippen molar-refractivity contribution < 1.29 is 17.2 Å². The standard InChI is InChI=1S/C17H21F2N3O2S/c1-21-11-17(20-12-21)25(23,24)22-9-3-4-13(10-22)7-8-14-15(18)5-2-6-16(14)19/h2,5-6,11-13H,3-4,7-10H2,1H3/t13-/m0/s1. The van der Waals surface area contributed by atoms with Crippen molar-refractivity contribution in [3.8, 4) is 0 Å². The highest BCUT2D eigenvalue weighted by Crippen LogP contribution is 2.26. The molecule has 2 heterocycles. The summed E-state index contributed by atoms with van der Waals surface area (Å²) in [6.07, 6.45) is 5.33. The molecule has 0 saturated carbocycles. The van der Waals surface area contributed by atoms with Crippen LogP contribution in [0.5, 0.6) is 0 Å². The van der Waals surface area contributed by atoms with Gasteiger partial charge in [0.1, 0.15) is 11.6 Å².